The Balaban J connectivity index is 2.23. The molecule has 0 bridgehead atoms. The Morgan fingerprint density at radius 1 is 1.12 bits per heavy atom. The lowest BCUT2D eigenvalue weighted by Gasteiger charge is -2.16. The minimum absolute atomic E-state index is 0.298. The molecule has 0 unspecified atom stereocenters. The number of aliphatic imine (C=N–C) groups is 1. The topological polar surface area (TPSA) is 24.8 Å². The summed E-state index contributed by atoms with van der Waals surface area (Å²) in [5.74, 6) is 0.926. The maximum absolute atomic E-state index is 13.5. The van der Waals surface area contributed by atoms with Crippen LogP contribution in [0, 0.1) is 23.2 Å². The van der Waals surface area contributed by atoms with Crippen LogP contribution in [0.15, 0.2) is 35.3 Å². The molecule has 25 heavy (non-hydrogen) atoms. The summed E-state index contributed by atoms with van der Waals surface area (Å²) >= 11 is 2.08. The van der Waals surface area contributed by atoms with Crippen molar-refractivity contribution in [3.05, 3.63) is 50.8 Å². The molecule has 0 spiro atoms. The molecule has 3 nitrogen and oxygen atoms in total. The molecule has 0 N–H and O–H groups in total. The van der Waals surface area contributed by atoms with Gasteiger partial charge in [0, 0.05) is 22.7 Å². The van der Waals surface area contributed by atoms with E-state index < -0.39 is 0 Å². The van der Waals surface area contributed by atoms with Crippen LogP contribution in [-0.4, -0.2) is 24.3 Å². The summed E-state index contributed by atoms with van der Waals surface area (Å²) in [6, 6.07) is 8.64. The van der Waals surface area contributed by atoms with E-state index in [0.717, 1.165) is 45.6 Å². The Bertz CT molecular complexity index is 741. The first-order valence-electron chi connectivity index (χ1n) is 8.46. The summed E-state index contributed by atoms with van der Waals surface area (Å²) in [6.07, 6.45) is 3.00. The summed E-state index contributed by atoms with van der Waals surface area (Å²) in [4.78, 5) is 6.81. The second-order valence-corrected chi connectivity index (χ2v) is 7.23. The van der Waals surface area contributed by atoms with Gasteiger partial charge in [0.15, 0.2) is 0 Å². The number of rotatable bonds is 7. The van der Waals surface area contributed by atoms with Crippen molar-refractivity contribution in [1.29, 1.82) is 0 Å². The molecule has 0 aliphatic heterocycles. The van der Waals surface area contributed by atoms with E-state index in [1.165, 1.54) is 12.1 Å². The van der Waals surface area contributed by atoms with Gasteiger partial charge in [-0.1, -0.05) is 6.92 Å². The molecule has 134 valence electrons. The Kier molecular flexibility index (Phi) is 7.23. The van der Waals surface area contributed by atoms with E-state index in [2.05, 4.69) is 46.3 Å². The highest BCUT2D eigenvalue weighted by molar-refractivity contribution is 14.1. The van der Waals surface area contributed by atoms with Crippen molar-refractivity contribution in [2.24, 2.45) is 4.99 Å². The average molecular weight is 454 g/mol. The molecule has 0 heterocycles. The number of benzene rings is 2. The minimum Gasteiger partial charge on any atom is -0.457 e. The summed E-state index contributed by atoms with van der Waals surface area (Å²) in [5.41, 5.74) is 2.92. The third-order valence-electron chi connectivity index (χ3n) is 3.83. The van der Waals surface area contributed by atoms with Crippen LogP contribution in [0.4, 0.5) is 10.1 Å². The zero-order valence-electron chi connectivity index (χ0n) is 15.1. The smallest absolute Gasteiger partial charge is 0.131 e. The van der Waals surface area contributed by atoms with Gasteiger partial charge in [0.05, 0.1) is 12.0 Å². The number of ether oxygens (including phenoxy) is 1. The van der Waals surface area contributed by atoms with Crippen molar-refractivity contribution in [3.8, 4) is 11.5 Å². The lowest BCUT2D eigenvalue weighted by molar-refractivity contribution is 0.452. The van der Waals surface area contributed by atoms with Gasteiger partial charge < -0.3 is 9.64 Å². The molecule has 5 heteroatoms. The van der Waals surface area contributed by atoms with Crippen molar-refractivity contribution < 1.29 is 9.13 Å². The molecule has 0 radical (unpaired) electrons. The second-order valence-electron chi connectivity index (χ2n) is 5.98. The first kappa shape index (κ1) is 19.7. The third kappa shape index (κ3) is 5.70. The number of hydrogen-bond acceptors (Lipinski definition) is 2. The van der Waals surface area contributed by atoms with E-state index in [1.807, 2.05) is 38.4 Å². The van der Waals surface area contributed by atoms with Gasteiger partial charge in [0.25, 0.3) is 0 Å². The van der Waals surface area contributed by atoms with Crippen LogP contribution in [0.2, 0.25) is 0 Å². The fourth-order valence-corrected chi connectivity index (χ4v) is 3.07. The van der Waals surface area contributed by atoms with E-state index in [9.17, 15) is 4.39 Å². The monoisotopic (exact) mass is 454 g/mol. The molecule has 0 aliphatic carbocycles. The van der Waals surface area contributed by atoms with Gasteiger partial charge in [-0.3, -0.25) is 0 Å². The van der Waals surface area contributed by atoms with Gasteiger partial charge in [0.1, 0.15) is 17.3 Å². The van der Waals surface area contributed by atoms with Crippen LogP contribution in [-0.2, 0) is 0 Å². The summed E-state index contributed by atoms with van der Waals surface area (Å²) in [5, 5.41) is 0. The zero-order chi connectivity index (χ0) is 18.4. The van der Waals surface area contributed by atoms with E-state index in [0.29, 0.717) is 5.75 Å². The highest BCUT2D eigenvalue weighted by Gasteiger charge is 2.08. The van der Waals surface area contributed by atoms with Crippen LogP contribution < -0.4 is 4.74 Å². The average Bonchev–Trinajstić information content (AvgIpc) is 2.54. The molecule has 2 rings (SSSR count). The summed E-state index contributed by atoms with van der Waals surface area (Å²) in [6.45, 7) is 10.2. The van der Waals surface area contributed by atoms with Crippen molar-refractivity contribution in [2.75, 3.05) is 13.1 Å². The molecule has 2 aromatic rings. The van der Waals surface area contributed by atoms with Crippen molar-refractivity contribution in [2.45, 2.75) is 34.1 Å². The summed E-state index contributed by atoms with van der Waals surface area (Å²) in [7, 11) is 0. The van der Waals surface area contributed by atoms with Gasteiger partial charge >= 0.3 is 0 Å². The van der Waals surface area contributed by atoms with Gasteiger partial charge in [-0.2, -0.15) is 0 Å². The highest BCUT2D eigenvalue weighted by Crippen LogP contribution is 2.32. The minimum atomic E-state index is -0.298. The molecule has 0 aromatic heterocycles. The van der Waals surface area contributed by atoms with Gasteiger partial charge in [0.2, 0.25) is 0 Å². The van der Waals surface area contributed by atoms with Crippen LogP contribution in [0.25, 0.3) is 0 Å². The van der Waals surface area contributed by atoms with Crippen LogP contribution in [0.3, 0.4) is 0 Å². The maximum Gasteiger partial charge on any atom is 0.131 e. The normalized spacial score (nSPS) is 11.1. The number of halogens is 2. The van der Waals surface area contributed by atoms with Gasteiger partial charge in [-0.05, 0) is 85.2 Å². The van der Waals surface area contributed by atoms with E-state index >= 15 is 0 Å². The number of aryl methyl sites for hydroxylation is 2. The predicted octanol–water partition coefficient (Wildman–Crippen LogP) is 6.23. The Morgan fingerprint density at radius 3 is 2.52 bits per heavy atom. The fourth-order valence-electron chi connectivity index (χ4n) is 2.47. The molecule has 0 saturated carbocycles. The first-order valence-corrected chi connectivity index (χ1v) is 9.54. The van der Waals surface area contributed by atoms with Gasteiger partial charge in [-0.25, -0.2) is 9.38 Å². The van der Waals surface area contributed by atoms with Crippen LogP contribution in [0.5, 0.6) is 11.5 Å². The first-order chi connectivity index (χ1) is 11.9. The third-order valence-corrected chi connectivity index (χ3v) is 4.46. The quantitative estimate of drug-likeness (QED) is 0.282. The van der Waals surface area contributed by atoms with E-state index in [1.54, 1.807) is 0 Å². The standard InChI is InChI=1S/C20H24FIN2O/c1-5-7-24(6-2)13-23-19-8-15(4)20(9-14(19)3)25-18-11-16(21)10-17(22)12-18/h8-13H,5-7H2,1-4H3/b23-13+. The lowest BCUT2D eigenvalue weighted by atomic mass is 10.1. The Labute approximate surface area is 163 Å². The van der Waals surface area contributed by atoms with Crippen molar-refractivity contribution in [1.82, 2.24) is 4.90 Å². The maximum atomic E-state index is 13.5. The molecule has 0 fully saturated rings. The number of hydrogen-bond donors (Lipinski definition) is 0. The van der Waals surface area contributed by atoms with E-state index in [4.69, 9.17) is 4.74 Å². The van der Waals surface area contributed by atoms with Gasteiger partial charge in [-0.15, -0.1) is 0 Å². The van der Waals surface area contributed by atoms with Crippen LogP contribution in [0.1, 0.15) is 31.4 Å². The van der Waals surface area contributed by atoms with E-state index in [-0.39, 0.29) is 5.82 Å². The highest BCUT2D eigenvalue weighted by atomic mass is 127. The van der Waals surface area contributed by atoms with Crippen molar-refractivity contribution >= 4 is 34.6 Å². The molecule has 0 atom stereocenters. The lowest BCUT2D eigenvalue weighted by Crippen LogP contribution is -2.21. The largest absolute Gasteiger partial charge is 0.457 e. The fraction of sp³-hybridized carbons (Fsp3) is 0.350. The molecule has 0 amide bonds. The zero-order valence-corrected chi connectivity index (χ0v) is 17.3. The van der Waals surface area contributed by atoms with Crippen molar-refractivity contribution in [3.63, 3.8) is 0 Å². The predicted molar refractivity (Wildman–Crippen MR) is 111 cm³/mol. The Morgan fingerprint density at radius 2 is 1.88 bits per heavy atom. The van der Waals surface area contributed by atoms with Crippen LogP contribution >= 0.6 is 22.6 Å². The number of nitrogens with zero attached hydrogens (tertiary/aromatic N) is 2. The molecular weight excluding hydrogens is 430 g/mol. The Hall–Kier alpha value is -1.63. The SMILES string of the molecule is CCCN(/C=N/c1cc(C)c(Oc2cc(F)cc(I)c2)cc1C)CC. The molecular formula is C20H24FIN2O. The molecule has 2 aromatic carbocycles. The summed E-state index contributed by atoms with van der Waals surface area (Å²) < 4.78 is 20.2. The molecule has 0 aliphatic rings. The second kappa shape index (κ2) is 9.17. The molecule has 0 saturated heterocycles.